The molecule has 82 valence electrons. The molecule has 0 saturated carbocycles. The smallest absolute Gasteiger partial charge is 0.166 e. The standard InChI is InChI=1S/C8H8ClF3N3/c1-5-14(9)4-7-2-6(8(10,11)12)3-13-15(5)7/h2-3,5H,4H2,1H3/q+1. The number of halogens is 4. The van der Waals surface area contributed by atoms with Gasteiger partial charge in [0.1, 0.15) is 12.7 Å². The van der Waals surface area contributed by atoms with Gasteiger partial charge in [-0.3, -0.25) is 0 Å². The Kier molecular flexibility index (Phi) is 2.35. The number of alkyl halides is 3. The first-order valence-corrected chi connectivity index (χ1v) is 4.64. The van der Waals surface area contributed by atoms with E-state index in [1.807, 2.05) is 0 Å². The van der Waals surface area contributed by atoms with Crippen molar-refractivity contribution in [2.24, 2.45) is 0 Å². The first kappa shape index (κ1) is 10.6. The van der Waals surface area contributed by atoms with E-state index >= 15 is 0 Å². The second kappa shape index (κ2) is 3.31. The third kappa shape index (κ3) is 1.79. The summed E-state index contributed by atoms with van der Waals surface area (Å²) in [6.07, 6.45) is -3.76. The maximum Gasteiger partial charge on any atom is 0.418 e. The molecule has 0 aliphatic carbocycles. The van der Waals surface area contributed by atoms with E-state index in [1.165, 1.54) is 9.10 Å². The molecule has 2 rings (SSSR count). The van der Waals surface area contributed by atoms with Crippen LogP contribution in [0.25, 0.3) is 0 Å². The Morgan fingerprint density at radius 2 is 2.27 bits per heavy atom. The van der Waals surface area contributed by atoms with Crippen LogP contribution in [0.4, 0.5) is 13.2 Å². The summed E-state index contributed by atoms with van der Waals surface area (Å²) in [6.45, 7) is 2.03. The van der Waals surface area contributed by atoms with Gasteiger partial charge < -0.3 is 0 Å². The van der Waals surface area contributed by atoms with Gasteiger partial charge in [0.15, 0.2) is 0 Å². The summed E-state index contributed by atoms with van der Waals surface area (Å²) in [5.41, 5.74) is -0.278. The molecule has 1 atom stereocenters. The molecule has 0 bridgehead atoms. The summed E-state index contributed by atoms with van der Waals surface area (Å²) in [5, 5.41) is 3.73. The van der Waals surface area contributed by atoms with Crippen LogP contribution in [0, 0.1) is 0 Å². The van der Waals surface area contributed by atoms with Crippen LogP contribution in [0.15, 0.2) is 12.3 Å². The summed E-state index contributed by atoms with van der Waals surface area (Å²) in [7, 11) is 0. The molecular formula is C8H8ClF3N3+. The van der Waals surface area contributed by atoms with Gasteiger partial charge in [0, 0.05) is 13.0 Å². The van der Waals surface area contributed by atoms with Crippen molar-refractivity contribution < 1.29 is 17.9 Å². The fourth-order valence-electron chi connectivity index (χ4n) is 1.50. The third-order valence-electron chi connectivity index (χ3n) is 2.34. The Bertz CT molecular complexity index is 393. The number of nitrogens with zero attached hydrogens (tertiary/aromatic N) is 3. The lowest BCUT2D eigenvalue weighted by atomic mass is 10.2. The van der Waals surface area contributed by atoms with Crippen molar-refractivity contribution in [3.05, 3.63) is 23.5 Å². The lowest BCUT2D eigenvalue weighted by Gasteiger charge is -2.04. The Morgan fingerprint density at radius 3 is 2.87 bits per heavy atom. The number of aromatic nitrogens is 2. The van der Waals surface area contributed by atoms with E-state index in [0.717, 1.165) is 12.3 Å². The number of hydrogen-bond donors (Lipinski definition) is 0. The zero-order valence-electron chi connectivity index (χ0n) is 7.79. The Balaban J connectivity index is 2.42. The molecule has 1 unspecified atom stereocenters. The molecule has 0 saturated heterocycles. The van der Waals surface area contributed by atoms with Crippen LogP contribution in [0.2, 0.25) is 0 Å². The summed E-state index contributed by atoms with van der Waals surface area (Å²) in [5.74, 6) is 0. The summed E-state index contributed by atoms with van der Waals surface area (Å²) in [4.78, 5) is 0. The van der Waals surface area contributed by atoms with E-state index in [-0.39, 0.29) is 12.7 Å². The summed E-state index contributed by atoms with van der Waals surface area (Å²) in [6, 6.07) is 1.08. The van der Waals surface area contributed by atoms with Crippen molar-refractivity contribution in [2.45, 2.75) is 25.8 Å². The molecule has 3 nitrogen and oxygen atoms in total. The third-order valence-corrected chi connectivity index (χ3v) is 2.74. The van der Waals surface area contributed by atoms with Crippen LogP contribution < -0.4 is 4.68 Å². The largest absolute Gasteiger partial charge is 0.418 e. The average Bonchev–Trinajstić information content (AvgIpc) is 2.41. The highest BCUT2D eigenvalue weighted by Gasteiger charge is 2.39. The summed E-state index contributed by atoms with van der Waals surface area (Å²) >= 11 is 5.79. The molecule has 0 fully saturated rings. The van der Waals surface area contributed by atoms with E-state index in [0.29, 0.717) is 5.69 Å². The zero-order valence-corrected chi connectivity index (χ0v) is 8.55. The molecule has 1 aliphatic rings. The number of hydrogen-bond acceptors (Lipinski definition) is 2. The first-order valence-electron chi connectivity index (χ1n) is 4.30. The molecular weight excluding hydrogens is 231 g/mol. The molecule has 0 aromatic carbocycles. The van der Waals surface area contributed by atoms with Crippen LogP contribution in [-0.4, -0.2) is 9.52 Å². The molecule has 0 radical (unpaired) electrons. The first-order chi connectivity index (χ1) is 6.89. The lowest BCUT2D eigenvalue weighted by Crippen LogP contribution is -2.43. The van der Waals surface area contributed by atoms with Crippen molar-refractivity contribution >= 4 is 11.8 Å². The molecule has 0 amide bonds. The van der Waals surface area contributed by atoms with Crippen LogP contribution in [0.1, 0.15) is 24.3 Å². The minimum absolute atomic E-state index is 0.219. The predicted molar refractivity (Wildman–Crippen MR) is 45.5 cm³/mol. The monoisotopic (exact) mass is 238 g/mol. The van der Waals surface area contributed by atoms with Gasteiger partial charge in [-0.25, -0.2) is 0 Å². The van der Waals surface area contributed by atoms with Crippen molar-refractivity contribution in [2.75, 3.05) is 0 Å². The highest BCUT2D eigenvalue weighted by Crippen LogP contribution is 2.30. The Morgan fingerprint density at radius 1 is 1.60 bits per heavy atom. The van der Waals surface area contributed by atoms with E-state index < -0.39 is 11.7 Å². The minimum atomic E-state index is -4.36. The van der Waals surface area contributed by atoms with Gasteiger partial charge in [-0.05, 0) is 16.9 Å². The number of rotatable bonds is 0. The maximum absolute atomic E-state index is 12.4. The van der Waals surface area contributed by atoms with E-state index in [4.69, 9.17) is 11.8 Å². The molecule has 0 spiro atoms. The molecule has 1 aliphatic heterocycles. The summed E-state index contributed by atoms with van der Waals surface area (Å²) < 4.78 is 39.9. The van der Waals surface area contributed by atoms with E-state index in [1.54, 1.807) is 6.92 Å². The van der Waals surface area contributed by atoms with Gasteiger partial charge >= 0.3 is 6.18 Å². The molecule has 7 heteroatoms. The normalized spacial score (nSPS) is 21.8. The highest BCUT2D eigenvalue weighted by atomic mass is 35.5. The van der Waals surface area contributed by atoms with Gasteiger partial charge in [-0.15, -0.1) is 4.42 Å². The van der Waals surface area contributed by atoms with Crippen molar-refractivity contribution in [1.82, 2.24) is 9.52 Å². The van der Waals surface area contributed by atoms with E-state index in [2.05, 4.69) is 5.10 Å². The van der Waals surface area contributed by atoms with Crippen LogP contribution in [-0.2, 0) is 12.7 Å². The fourth-order valence-corrected chi connectivity index (χ4v) is 1.70. The zero-order chi connectivity index (χ0) is 11.2. The highest BCUT2D eigenvalue weighted by molar-refractivity contribution is 6.13. The van der Waals surface area contributed by atoms with Gasteiger partial charge in [0.2, 0.25) is 5.69 Å². The number of fused-ring (bicyclic) bond motifs is 1. The predicted octanol–water partition coefficient (Wildman–Crippen LogP) is 1.88. The lowest BCUT2D eigenvalue weighted by molar-refractivity contribution is -0.777. The van der Waals surface area contributed by atoms with E-state index in [9.17, 15) is 13.2 Å². The van der Waals surface area contributed by atoms with Gasteiger partial charge in [-0.2, -0.15) is 13.2 Å². The van der Waals surface area contributed by atoms with Crippen molar-refractivity contribution in [3.8, 4) is 0 Å². The second-order valence-corrected chi connectivity index (χ2v) is 3.80. The topological polar surface area (TPSA) is 20.0 Å². The Hall–Kier alpha value is -0.880. The average molecular weight is 239 g/mol. The van der Waals surface area contributed by atoms with Crippen LogP contribution in [0.5, 0.6) is 0 Å². The van der Waals surface area contributed by atoms with Gasteiger partial charge in [-0.1, -0.05) is 4.68 Å². The molecule has 1 aromatic rings. The van der Waals surface area contributed by atoms with Gasteiger partial charge in [0.25, 0.3) is 6.17 Å². The van der Waals surface area contributed by atoms with Crippen molar-refractivity contribution in [3.63, 3.8) is 0 Å². The van der Waals surface area contributed by atoms with Gasteiger partial charge in [0.05, 0.1) is 5.56 Å². The quantitative estimate of drug-likeness (QED) is 0.508. The molecule has 2 heterocycles. The Labute approximate surface area is 89.2 Å². The second-order valence-electron chi connectivity index (χ2n) is 3.37. The SMILES string of the molecule is CC1N(Cl)Cc2cc(C(F)(F)F)cn[n+]21. The van der Waals surface area contributed by atoms with Crippen LogP contribution in [0.3, 0.4) is 0 Å². The maximum atomic E-state index is 12.4. The molecule has 15 heavy (non-hydrogen) atoms. The molecule has 0 N–H and O–H groups in total. The minimum Gasteiger partial charge on any atom is -0.166 e. The van der Waals surface area contributed by atoms with Crippen molar-refractivity contribution in [1.29, 1.82) is 0 Å². The fraction of sp³-hybridized carbons (Fsp3) is 0.500. The molecule has 1 aromatic heterocycles. The van der Waals surface area contributed by atoms with Crippen LogP contribution >= 0.6 is 11.8 Å².